The van der Waals surface area contributed by atoms with Crippen molar-refractivity contribution in [3.63, 3.8) is 0 Å². The predicted molar refractivity (Wildman–Crippen MR) is 128 cm³/mol. The summed E-state index contributed by atoms with van der Waals surface area (Å²) in [6, 6.07) is 21.0. The molecule has 9 nitrogen and oxygen atoms in total. The summed E-state index contributed by atoms with van der Waals surface area (Å²) in [5.74, 6) is 0.284. The minimum atomic E-state index is -0.186. The SMILES string of the molecule is N#CCCN(CCC#N)C(=O)CSc1nnc2n(Cc3ccccc3)c(=O)c3ccccc3n12. The second-order valence-electron chi connectivity index (χ2n) is 7.50. The maximum Gasteiger partial charge on any atom is 0.263 e. The molecule has 4 aromatic rings. The predicted octanol–water partition coefficient (Wildman–Crippen LogP) is 2.84. The zero-order valence-corrected chi connectivity index (χ0v) is 19.1. The number of hydrogen-bond acceptors (Lipinski definition) is 7. The molecule has 1 amide bonds. The Morgan fingerprint density at radius 1 is 0.971 bits per heavy atom. The minimum absolute atomic E-state index is 0.0732. The number of aromatic nitrogens is 4. The third kappa shape index (κ3) is 4.77. The van der Waals surface area contributed by atoms with Crippen molar-refractivity contribution in [2.24, 2.45) is 0 Å². The normalized spacial score (nSPS) is 10.8. The van der Waals surface area contributed by atoms with Crippen molar-refractivity contribution in [3.8, 4) is 12.1 Å². The summed E-state index contributed by atoms with van der Waals surface area (Å²) in [5, 5.41) is 27.3. The van der Waals surface area contributed by atoms with Gasteiger partial charge in [-0.15, -0.1) is 10.2 Å². The summed E-state index contributed by atoms with van der Waals surface area (Å²) in [5.41, 5.74) is 1.46. The van der Waals surface area contributed by atoms with Crippen LogP contribution in [0, 0.1) is 22.7 Å². The quantitative estimate of drug-likeness (QED) is 0.344. The molecule has 4 rings (SSSR count). The second-order valence-corrected chi connectivity index (χ2v) is 8.44. The highest BCUT2D eigenvalue weighted by molar-refractivity contribution is 7.99. The fourth-order valence-electron chi connectivity index (χ4n) is 3.68. The van der Waals surface area contributed by atoms with Crippen LogP contribution in [-0.4, -0.2) is 48.8 Å². The van der Waals surface area contributed by atoms with Crippen LogP contribution in [0.3, 0.4) is 0 Å². The fourth-order valence-corrected chi connectivity index (χ4v) is 4.53. The summed E-state index contributed by atoms with van der Waals surface area (Å²) in [4.78, 5) is 27.6. The van der Waals surface area contributed by atoms with Crippen molar-refractivity contribution in [1.82, 2.24) is 24.1 Å². The van der Waals surface area contributed by atoms with E-state index in [4.69, 9.17) is 10.5 Å². The van der Waals surface area contributed by atoms with Gasteiger partial charge in [0.05, 0.1) is 48.2 Å². The standard InChI is InChI=1S/C24H21N7O2S/c25-12-6-14-29(15-7-13-26)21(32)17-34-24-28-27-23-30(16-18-8-2-1-3-9-18)22(33)19-10-4-5-11-20(19)31(23)24/h1-5,8-11H,6-7,14-17H2. The molecule has 0 radical (unpaired) electrons. The van der Waals surface area contributed by atoms with Gasteiger partial charge >= 0.3 is 0 Å². The van der Waals surface area contributed by atoms with Crippen molar-refractivity contribution < 1.29 is 4.79 Å². The molecule has 0 atom stereocenters. The molecule has 0 bridgehead atoms. The van der Waals surface area contributed by atoms with Gasteiger partial charge in [0.25, 0.3) is 5.56 Å². The number of para-hydroxylation sites is 1. The van der Waals surface area contributed by atoms with Crippen LogP contribution in [0.5, 0.6) is 0 Å². The molecule has 0 saturated heterocycles. The first-order valence-electron chi connectivity index (χ1n) is 10.7. The van der Waals surface area contributed by atoms with E-state index in [0.29, 0.717) is 28.4 Å². The number of hydrogen-bond donors (Lipinski definition) is 0. The summed E-state index contributed by atoms with van der Waals surface area (Å²) in [6.07, 6.45) is 0.401. The summed E-state index contributed by atoms with van der Waals surface area (Å²) >= 11 is 1.21. The first-order valence-corrected chi connectivity index (χ1v) is 11.7. The lowest BCUT2D eigenvalue weighted by atomic mass is 10.2. The lowest BCUT2D eigenvalue weighted by Crippen LogP contribution is -2.34. The Hall–Kier alpha value is -4.15. The molecule has 0 aliphatic heterocycles. The third-order valence-electron chi connectivity index (χ3n) is 5.33. The van der Waals surface area contributed by atoms with E-state index in [9.17, 15) is 9.59 Å². The van der Waals surface area contributed by atoms with Gasteiger partial charge in [0.15, 0.2) is 5.16 Å². The molecule has 0 fully saturated rings. The van der Waals surface area contributed by atoms with Crippen molar-refractivity contribution >= 4 is 34.3 Å². The number of benzene rings is 2. The van der Waals surface area contributed by atoms with E-state index in [-0.39, 0.29) is 43.2 Å². The Bertz CT molecular complexity index is 1450. The number of thioether (sulfide) groups is 1. The van der Waals surface area contributed by atoms with Gasteiger partial charge in [0.1, 0.15) is 0 Å². The van der Waals surface area contributed by atoms with E-state index in [0.717, 1.165) is 5.56 Å². The van der Waals surface area contributed by atoms with Gasteiger partial charge in [0.2, 0.25) is 11.7 Å². The average molecular weight is 472 g/mol. The largest absolute Gasteiger partial charge is 0.340 e. The van der Waals surface area contributed by atoms with Crippen molar-refractivity contribution in [2.45, 2.75) is 24.5 Å². The average Bonchev–Trinajstić information content (AvgIpc) is 3.30. The molecule has 0 aliphatic rings. The maximum atomic E-state index is 13.3. The van der Waals surface area contributed by atoms with Crippen LogP contribution in [-0.2, 0) is 11.3 Å². The number of carbonyl (C=O) groups excluding carboxylic acids is 1. The van der Waals surface area contributed by atoms with Gasteiger partial charge in [0, 0.05) is 13.1 Å². The zero-order chi connectivity index (χ0) is 23.9. The van der Waals surface area contributed by atoms with Crippen LogP contribution in [0.15, 0.2) is 64.5 Å². The van der Waals surface area contributed by atoms with E-state index < -0.39 is 0 Å². The molecule has 0 N–H and O–H groups in total. The second kappa shape index (κ2) is 10.6. The molecule has 10 heteroatoms. The van der Waals surface area contributed by atoms with Crippen molar-refractivity contribution in [2.75, 3.05) is 18.8 Å². The molecule has 2 aromatic carbocycles. The number of amides is 1. The molecule has 0 unspecified atom stereocenters. The van der Waals surface area contributed by atoms with Gasteiger partial charge in [-0.3, -0.25) is 18.6 Å². The molecule has 0 saturated carbocycles. The highest BCUT2D eigenvalue weighted by Crippen LogP contribution is 2.22. The number of fused-ring (bicyclic) bond motifs is 3. The Labute approximate surface area is 199 Å². The van der Waals surface area contributed by atoms with Crippen LogP contribution in [0.25, 0.3) is 16.7 Å². The first-order chi connectivity index (χ1) is 16.6. The van der Waals surface area contributed by atoms with E-state index in [1.807, 2.05) is 60.7 Å². The third-order valence-corrected chi connectivity index (χ3v) is 6.24. The molecule has 0 aliphatic carbocycles. The molecular weight excluding hydrogens is 450 g/mol. The Balaban J connectivity index is 1.69. The summed E-state index contributed by atoms with van der Waals surface area (Å²) in [7, 11) is 0. The number of rotatable bonds is 9. The van der Waals surface area contributed by atoms with Crippen molar-refractivity contribution in [1.29, 1.82) is 10.5 Å². The summed E-state index contributed by atoms with van der Waals surface area (Å²) < 4.78 is 3.38. The Kier molecular flexibility index (Phi) is 7.21. The highest BCUT2D eigenvalue weighted by atomic mass is 32.2. The Morgan fingerprint density at radius 2 is 1.65 bits per heavy atom. The molecule has 34 heavy (non-hydrogen) atoms. The van der Waals surface area contributed by atoms with Gasteiger partial charge < -0.3 is 4.90 Å². The van der Waals surface area contributed by atoms with Crippen LogP contribution in [0.2, 0.25) is 0 Å². The molecule has 2 aromatic heterocycles. The van der Waals surface area contributed by atoms with Gasteiger partial charge in [-0.05, 0) is 17.7 Å². The molecule has 0 spiro atoms. The van der Waals surface area contributed by atoms with Gasteiger partial charge in [-0.25, -0.2) is 0 Å². The number of nitriles is 2. The molecule has 170 valence electrons. The maximum absolute atomic E-state index is 13.3. The lowest BCUT2D eigenvalue weighted by molar-refractivity contribution is -0.128. The number of carbonyl (C=O) groups is 1. The highest BCUT2D eigenvalue weighted by Gasteiger charge is 2.19. The van der Waals surface area contributed by atoms with Crippen LogP contribution >= 0.6 is 11.8 Å². The summed E-state index contributed by atoms with van der Waals surface area (Å²) in [6.45, 7) is 0.890. The van der Waals surface area contributed by atoms with Crippen molar-refractivity contribution in [3.05, 3.63) is 70.5 Å². The van der Waals surface area contributed by atoms with Gasteiger partial charge in [-0.1, -0.05) is 54.2 Å². The first kappa shape index (κ1) is 23.0. The Morgan fingerprint density at radius 3 is 2.35 bits per heavy atom. The number of nitrogens with zero attached hydrogens (tertiary/aromatic N) is 7. The zero-order valence-electron chi connectivity index (χ0n) is 18.3. The van der Waals surface area contributed by atoms with E-state index in [1.54, 1.807) is 15.0 Å². The molecular formula is C24H21N7O2S. The fraction of sp³-hybridized carbons (Fsp3) is 0.250. The van der Waals surface area contributed by atoms with Gasteiger partial charge in [-0.2, -0.15) is 10.5 Å². The van der Waals surface area contributed by atoms with Crippen LogP contribution in [0.1, 0.15) is 18.4 Å². The van der Waals surface area contributed by atoms with E-state index >= 15 is 0 Å². The topological polar surface area (TPSA) is 120 Å². The van der Waals surface area contributed by atoms with E-state index in [1.165, 1.54) is 16.7 Å². The van der Waals surface area contributed by atoms with E-state index in [2.05, 4.69) is 10.2 Å². The minimum Gasteiger partial charge on any atom is -0.340 e. The molecule has 2 heterocycles. The monoisotopic (exact) mass is 471 g/mol. The smallest absolute Gasteiger partial charge is 0.263 e. The lowest BCUT2D eigenvalue weighted by Gasteiger charge is -2.19. The van der Waals surface area contributed by atoms with Crippen LogP contribution < -0.4 is 5.56 Å². The van der Waals surface area contributed by atoms with Crippen LogP contribution in [0.4, 0.5) is 0 Å².